The number of methoxy groups -OCH3 is 1. The zero-order valence-corrected chi connectivity index (χ0v) is 16.0. The molecule has 3 rings (SSSR count). The van der Waals surface area contributed by atoms with Crippen LogP contribution in [0.5, 0.6) is 0 Å². The van der Waals surface area contributed by atoms with Gasteiger partial charge in [-0.3, -0.25) is 14.6 Å². The van der Waals surface area contributed by atoms with E-state index in [1.165, 1.54) is 17.8 Å². The summed E-state index contributed by atoms with van der Waals surface area (Å²) >= 11 is 1.74. The number of thiazole rings is 1. The van der Waals surface area contributed by atoms with E-state index in [-0.39, 0.29) is 11.8 Å². The Kier molecular flexibility index (Phi) is 7.22. The molecule has 6 nitrogen and oxygen atoms in total. The predicted octanol–water partition coefficient (Wildman–Crippen LogP) is 1.58. The van der Waals surface area contributed by atoms with Gasteiger partial charge in [-0.15, -0.1) is 11.3 Å². The van der Waals surface area contributed by atoms with E-state index in [0.717, 1.165) is 45.6 Å². The molecule has 140 valence electrons. The van der Waals surface area contributed by atoms with Gasteiger partial charge in [0.1, 0.15) is 5.01 Å². The highest BCUT2D eigenvalue weighted by molar-refractivity contribution is 7.09. The molecule has 0 bridgehead atoms. The first-order valence-corrected chi connectivity index (χ1v) is 10.3. The van der Waals surface area contributed by atoms with Crippen LogP contribution in [0.15, 0.2) is 11.6 Å². The third kappa shape index (κ3) is 5.48. The quantitative estimate of drug-likeness (QED) is 0.743. The molecule has 0 saturated carbocycles. The first-order chi connectivity index (χ1) is 12.3. The lowest BCUT2D eigenvalue weighted by Gasteiger charge is -2.41. The van der Waals surface area contributed by atoms with E-state index in [4.69, 9.17) is 4.74 Å². The lowest BCUT2D eigenvalue weighted by atomic mass is 9.93. The van der Waals surface area contributed by atoms with E-state index >= 15 is 0 Å². The number of likely N-dealkylation sites (tertiary alicyclic amines) is 2. The maximum atomic E-state index is 12.3. The van der Waals surface area contributed by atoms with E-state index < -0.39 is 0 Å². The molecule has 2 saturated heterocycles. The van der Waals surface area contributed by atoms with Crippen LogP contribution in [0.2, 0.25) is 0 Å². The van der Waals surface area contributed by atoms with Gasteiger partial charge in [0.2, 0.25) is 5.91 Å². The van der Waals surface area contributed by atoms with Gasteiger partial charge in [0.15, 0.2) is 0 Å². The monoisotopic (exact) mass is 366 g/mol. The molecule has 2 aliphatic heterocycles. The molecule has 1 amide bonds. The Labute approximate surface area is 154 Å². The van der Waals surface area contributed by atoms with E-state index in [1.807, 2.05) is 11.6 Å². The Morgan fingerprint density at radius 3 is 2.92 bits per heavy atom. The number of rotatable bonds is 7. The van der Waals surface area contributed by atoms with Gasteiger partial charge in [0, 0.05) is 50.9 Å². The van der Waals surface area contributed by atoms with E-state index in [9.17, 15) is 4.79 Å². The average molecular weight is 367 g/mol. The second kappa shape index (κ2) is 9.62. The van der Waals surface area contributed by atoms with Crippen LogP contribution in [0.1, 0.15) is 30.7 Å². The minimum Gasteiger partial charge on any atom is -0.383 e. The minimum atomic E-state index is 0.138. The van der Waals surface area contributed by atoms with Crippen molar-refractivity contribution in [3.05, 3.63) is 16.6 Å². The van der Waals surface area contributed by atoms with Crippen molar-refractivity contribution >= 4 is 17.2 Å². The van der Waals surface area contributed by atoms with Crippen LogP contribution in [0.25, 0.3) is 0 Å². The Morgan fingerprint density at radius 2 is 2.20 bits per heavy atom. The SMILES string of the molecule is COCCNC(=O)[C@@H]1CCCN(C2CCN(Cc3nccs3)CC2)C1. The van der Waals surface area contributed by atoms with Gasteiger partial charge in [-0.25, -0.2) is 4.98 Å². The van der Waals surface area contributed by atoms with Crippen LogP contribution in [0.4, 0.5) is 0 Å². The fraction of sp³-hybridized carbons (Fsp3) is 0.778. The molecule has 0 aromatic carbocycles. The van der Waals surface area contributed by atoms with Crippen LogP contribution in [0, 0.1) is 5.92 Å². The number of nitrogens with one attached hydrogen (secondary N) is 1. The molecule has 1 aromatic rings. The molecule has 1 aromatic heterocycles. The van der Waals surface area contributed by atoms with Crippen molar-refractivity contribution < 1.29 is 9.53 Å². The molecule has 2 aliphatic rings. The first kappa shape index (κ1) is 18.8. The number of nitrogens with zero attached hydrogens (tertiary/aromatic N) is 3. The Bertz CT molecular complexity index is 517. The lowest BCUT2D eigenvalue weighted by Crippen LogP contribution is -2.50. The van der Waals surface area contributed by atoms with Crippen LogP contribution < -0.4 is 5.32 Å². The molecule has 1 N–H and O–H groups in total. The smallest absolute Gasteiger partial charge is 0.224 e. The predicted molar refractivity (Wildman–Crippen MR) is 99.6 cm³/mol. The molecule has 1 atom stereocenters. The number of carbonyl (C=O) groups excluding carboxylic acids is 1. The zero-order valence-electron chi connectivity index (χ0n) is 15.2. The summed E-state index contributed by atoms with van der Waals surface area (Å²) in [6.45, 7) is 6.49. The summed E-state index contributed by atoms with van der Waals surface area (Å²) in [4.78, 5) is 21.8. The minimum absolute atomic E-state index is 0.138. The van der Waals surface area contributed by atoms with Crippen molar-refractivity contribution in [3.8, 4) is 0 Å². The van der Waals surface area contributed by atoms with Crippen molar-refractivity contribution in [3.63, 3.8) is 0 Å². The molecule has 0 spiro atoms. The summed E-state index contributed by atoms with van der Waals surface area (Å²) in [5.74, 6) is 0.335. The van der Waals surface area contributed by atoms with Gasteiger partial charge >= 0.3 is 0 Å². The average Bonchev–Trinajstić information content (AvgIpc) is 3.16. The maximum Gasteiger partial charge on any atom is 0.224 e. The van der Waals surface area contributed by atoms with Crippen molar-refractivity contribution in [2.45, 2.75) is 38.3 Å². The fourth-order valence-corrected chi connectivity index (χ4v) is 4.60. The highest BCUT2D eigenvalue weighted by Crippen LogP contribution is 2.24. The maximum absolute atomic E-state index is 12.3. The number of amides is 1. The first-order valence-electron chi connectivity index (χ1n) is 9.37. The number of carbonyl (C=O) groups is 1. The second-order valence-corrected chi connectivity index (χ2v) is 8.03. The van der Waals surface area contributed by atoms with Crippen molar-refractivity contribution in [2.75, 3.05) is 46.4 Å². The summed E-state index contributed by atoms with van der Waals surface area (Å²) in [6, 6.07) is 0.627. The Hall–Kier alpha value is -1.02. The molecule has 25 heavy (non-hydrogen) atoms. The summed E-state index contributed by atoms with van der Waals surface area (Å²) in [5.41, 5.74) is 0. The fourth-order valence-electron chi connectivity index (χ4n) is 3.94. The summed E-state index contributed by atoms with van der Waals surface area (Å²) < 4.78 is 5.01. The molecule has 7 heteroatoms. The summed E-state index contributed by atoms with van der Waals surface area (Å²) in [6.07, 6.45) is 6.42. The van der Waals surface area contributed by atoms with Gasteiger partial charge in [-0.2, -0.15) is 0 Å². The van der Waals surface area contributed by atoms with Crippen molar-refractivity contribution in [1.29, 1.82) is 0 Å². The molecule has 2 fully saturated rings. The zero-order chi connectivity index (χ0) is 17.5. The van der Waals surface area contributed by atoms with Crippen LogP contribution in [-0.4, -0.2) is 73.2 Å². The van der Waals surface area contributed by atoms with Crippen molar-refractivity contribution in [2.24, 2.45) is 5.92 Å². The van der Waals surface area contributed by atoms with E-state index in [0.29, 0.717) is 19.2 Å². The molecule has 0 radical (unpaired) electrons. The van der Waals surface area contributed by atoms with Gasteiger partial charge < -0.3 is 10.1 Å². The Morgan fingerprint density at radius 1 is 1.36 bits per heavy atom. The molecular formula is C18H30N4O2S. The van der Waals surface area contributed by atoms with Gasteiger partial charge in [0.25, 0.3) is 0 Å². The third-order valence-corrected chi connectivity index (χ3v) is 6.11. The molecular weight excluding hydrogens is 336 g/mol. The molecule has 0 unspecified atom stereocenters. The normalized spacial score (nSPS) is 23.6. The number of hydrogen-bond donors (Lipinski definition) is 1. The lowest BCUT2D eigenvalue weighted by molar-refractivity contribution is -0.127. The molecule has 0 aliphatic carbocycles. The third-order valence-electron chi connectivity index (χ3n) is 5.34. The number of hydrogen-bond acceptors (Lipinski definition) is 6. The van der Waals surface area contributed by atoms with Crippen LogP contribution in [-0.2, 0) is 16.1 Å². The summed E-state index contributed by atoms with van der Waals surface area (Å²) in [7, 11) is 1.66. The Balaban J connectivity index is 1.42. The van der Waals surface area contributed by atoms with E-state index in [2.05, 4.69) is 20.1 Å². The topological polar surface area (TPSA) is 57.7 Å². The van der Waals surface area contributed by atoms with Crippen LogP contribution >= 0.6 is 11.3 Å². The second-order valence-electron chi connectivity index (χ2n) is 7.05. The van der Waals surface area contributed by atoms with E-state index in [1.54, 1.807) is 18.4 Å². The number of piperidine rings is 2. The molecule has 3 heterocycles. The standard InChI is InChI=1S/C18H30N4O2S/c1-24-11-6-20-18(23)15-3-2-8-22(13-15)16-4-9-21(10-5-16)14-17-19-7-12-25-17/h7,12,15-16H,2-6,8-11,13-14H2,1H3,(H,20,23)/t15-/m1/s1. The van der Waals surface area contributed by atoms with Gasteiger partial charge in [0.05, 0.1) is 19.1 Å². The number of ether oxygens (including phenoxy) is 1. The number of aromatic nitrogens is 1. The van der Waals surface area contributed by atoms with Crippen LogP contribution in [0.3, 0.4) is 0 Å². The van der Waals surface area contributed by atoms with Gasteiger partial charge in [-0.05, 0) is 32.2 Å². The van der Waals surface area contributed by atoms with Gasteiger partial charge in [-0.1, -0.05) is 0 Å². The highest BCUT2D eigenvalue weighted by atomic mass is 32.1. The largest absolute Gasteiger partial charge is 0.383 e. The highest BCUT2D eigenvalue weighted by Gasteiger charge is 2.31. The van der Waals surface area contributed by atoms with Crippen molar-refractivity contribution in [1.82, 2.24) is 20.1 Å². The summed E-state index contributed by atoms with van der Waals surface area (Å²) in [5, 5.41) is 6.27.